The highest BCUT2D eigenvalue weighted by molar-refractivity contribution is 7.18. The average Bonchev–Trinajstić information content (AvgIpc) is 3.06. The summed E-state index contributed by atoms with van der Waals surface area (Å²) < 4.78 is 6.59. The molecule has 2 aliphatic rings. The van der Waals surface area contributed by atoms with Crippen molar-refractivity contribution in [1.82, 2.24) is 9.88 Å². The second kappa shape index (κ2) is 8.85. The fourth-order valence-electron chi connectivity index (χ4n) is 3.66. The van der Waals surface area contributed by atoms with E-state index in [9.17, 15) is 4.79 Å². The summed E-state index contributed by atoms with van der Waals surface area (Å²) in [7, 11) is 0. The number of piperidine rings is 1. The summed E-state index contributed by atoms with van der Waals surface area (Å²) in [6, 6.07) is 8.28. The van der Waals surface area contributed by atoms with Gasteiger partial charge in [0.2, 0.25) is 5.91 Å². The number of hydrogen-bond acceptors (Lipinski definition) is 5. The maximum atomic E-state index is 12.8. The van der Waals surface area contributed by atoms with Gasteiger partial charge in [0.25, 0.3) is 0 Å². The van der Waals surface area contributed by atoms with Gasteiger partial charge in [-0.05, 0) is 37.8 Å². The van der Waals surface area contributed by atoms with Crippen LogP contribution in [-0.2, 0) is 9.53 Å². The van der Waals surface area contributed by atoms with Crippen molar-refractivity contribution in [3.8, 4) is 0 Å². The van der Waals surface area contributed by atoms with Crippen LogP contribution in [-0.4, -0.2) is 47.6 Å². The van der Waals surface area contributed by atoms with Gasteiger partial charge in [-0.25, -0.2) is 4.98 Å². The zero-order valence-corrected chi connectivity index (χ0v) is 17.0. The zero-order valence-electron chi connectivity index (χ0n) is 14.6. The van der Waals surface area contributed by atoms with Crippen LogP contribution in [0.1, 0.15) is 36.6 Å². The largest absolute Gasteiger partial charge is 0.381 e. The van der Waals surface area contributed by atoms with Gasteiger partial charge in [0.05, 0.1) is 20.8 Å². The predicted molar refractivity (Wildman–Crippen MR) is 110 cm³/mol. The van der Waals surface area contributed by atoms with Crippen LogP contribution < -0.4 is 5.73 Å². The lowest BCUT2D eigenvalue weighted by atomic mass is 9.88. The molecule has 0 radical (unpaired) electrons. The quantitative estimate of drug-likeness (QED) is 0.812. The number of aromatic nitrogens is 1. The molecule has 1 amide bonds. The molecule has 2 fully saturated rings. The smallest absolute Gasteiger partial charge is 0.242 e. The molecule has 0 bridgehead atoms. The normalized spacial score (nSPS) is 20.3. The summed E-state index contributed by atoms with van der Waals surface area (Å²) in [5, 5.41) is 1.21. The fraction of sp³-hybridized carbons (Fsp3) is 0.556. The molecule has 2 aromatic rings. The van der Waals surface area contributed by atoms with E-state index in [1.54, 1.807) is 11.3 Å². The van der Waals surface area contributed by atoms with Gasteiger partial charge >= 0.3 is 0 Å². The summed E-state index contributed by atoms with van der Waals surface area (Å²) in [4.78, 5) is 19.5. The van der Waals surface area contributed by atoms with Crippen LogP contribution >= 0.6 is 36.2 Å². The first kappa shape index (κ1) is 21.4. The van der Waals surface area contributed by atoms with Crippen LogP contribution in [0.25, 0.3) is 10.2 Å². The van der Waals surface area contributed by atoms with E-state index in [2.05, 4.69) is 18.2 Å². The number of carbonyl (C=O) groups is 1. The van der Waals surface area contributed by atoms with Gasteiger partial charge in [0.15, 0.2) is 0 Å². The van der Waals surface area contributed by atoms with E-state index in [1.807, 2.05) is 11.0 Å². The number of halogens is 2. The topological polar surface area (TPSA) is 68.5 Å². The SMILES string of the molecule is Cl.Cl.NC1(C(=O)N2CCC(c3nc4ccccc4s3)CC2)CCOCC1. The molecule has 26 heavy (non-hydrogen) atoms. The summed E-state index contributed by atoms with van der Waals surface area (Å²) in [5.41, 5.74) is 6.71. The number of thiazole rings is 1. The van der Waals surface area contributed by atoms with Gasteiger partial charge in [-0.3, -0.25) is 4.79 Å². The second-order valence-corrected chi connectivity index (χ2v) is 7.92. The highest BCUT2D eigenvalue weighted by Gasteiger charge is 2.40. The monoisotopic (exact) mass is 417 g/mol. The third-order valence-electron chi connectivity index (χ3n) is 5.25. The van der Waals surface area contributed by atoms with E-state index in [1.165, 1.54) is 9.71 Å². The highest BCUT2D eigenvalue weighted by Crippen LogP contribution is 2.34. The Morgan fingerprint density at radius 2 is 1.85 bits per heavy atom. The van der Waals surface area contributed by atoms with Crippen LogP contribution in [0.5, 0.6) is 0 Å². The minimum atomic E-state index is -0.721. The Hall–Kier alpha value is -0.920. The molecule has 3 heterocycles. The number of likely N-dealkylation sites (tertiary alicyclic amines) is 1. The van der Waals surface area contributed by atoms with Crippen molar-refractivity contribution in [2.24, 2.45) is 5.73 Å². The number of fused-ring (bicyclic) bond motifs is 1. The molecule has 1 aromatic heterocycles. The minimum Gasteiger partial charge on any atom is -0.381 e. The van der Waals surface area contributed by atoms with Crippen LogP contribution in [0.2, 0.25) is 0 Å². The van der Waals surface area contributed by atoms with Crippen molar-refractivity contribution in [3.05, 3.63) is 29.3 Å². The molecule has 144 valence electrons. The van der Waals surface area contributed by atoms with Crippen LogP contribution in [0.15, 0.2) is 24.3 Å². The van der Waals surface area contributed by atoms with E-state index < -0.39 is 5.54 Å². The maximum Gasteiger partial charge on any atom is 0.242 e. The van der Waals surface area contributed by atoms with Crippen molar-refractivity contribution in [2.45, 2.75) is 37.1 Å². The third kappa shape index (κ3) is 4.15. The fourth-order valence-corrected chi connectivity index (χ4v) is 4.80. The lowest BCUT2D eigenvalue weighted by molar-refractivity contribution is -0.141. The van der Waals surface area contributed by atoms with E-state index in [0.717, 1.165) is 31.4 Å². The lowest BCUT2D eigenvalue weighted by Gasteiger charge is -2.39. The Kier molecular flexibility index (Phi) is 7.27. The number of rotatable bonds is 2. The highest BCUT2D eigenvalue weighted by atomic mass is 35.5. The third-order valence-corrected chi connectivity index (χ3v) is 6.45. The number of nitrogens with two attached hydrogens (primary N) is 1. The van der Waals surface area contributed by atoms with E-state index in [0.29, 0.717) is 32.0 Å². The van der Waals surface area contributed by atoms with Gasteiger partial charge in [0, 0.05) is 32.2 Å². The number of amides is 1. The molecule has 2 aliphatic heterocycles. The van der Waals surface area contributed by atoms with Crippen LogP contribution in [0, 0.1) is 0 Å². The molecule has 0 spiro atoms. The Morgan fingerprint density at radius 1 is 1.19 bits per heavy atom. The minimum absolute atomic E-state index is 0. The van der Waals surface area contributed by atoms with E-state index in [4.69, 9.17) is 15.5 Å². The summed E-state index contributed by atoms with van der Waals surface area (Å²) in [6.07, 6.45) is 3.20. The molecule has 0 aliphatic carbocycles. The first-order valence-corrected chi connectivity index (χ1v) is 9.49. The zero-order chi connectivity index (χ0) is 16.6. The first-order valence-electron chi connectivity index (χ1n) is 8.67. The second-order valence-electron chi connectivity index (χ2n) is 6.85. The molecule has 8 heteroatoms. The summed E-state index contributed by atoms with van der Waals surface area (Å²) in [6.45, 7) is 2.73. The average molecular weight is 418 g/mol. The van der Waals surface area contributed by atoms with Crippen molar-refractivity contribution in [3.63, 3.8) is 0 Å². The Balaban J connectivity index is 0.00000121. The number of ether oxygens (including phenoxy) is 1. The van der Waals surface area contributed by atoms with Gasteiger partial charge in [0.1, 0.15) is 0 Å². The maximum absolute atomic E-state index is 12.8. The van der Waals surface area contributed by atoms with Crippen molar-refractivity contribution >= 4 is 52.3 Å². The van der Waals surface area contributed by atoms with Crippen molar-refractivity contribution in [1.29, 1.82) is 0 Å². The number of benzene rings is 1. The lowest BCUT2D eigenvalue weighted by Crippen LogP contribution is -2.59. The molecule has 5 nitrogen and oxygen atoms in total. The standard InChI is InChI=1S/C18H23N3O2S.2ClH/c19-18(7-11-23-12-8-18)17(22)21-9-5-13(6-10-21)16-20-14-3-1-2-4-15(14)24-16;;/h1-4,13H,5-12,19H2;2*1H. The molecule has 1 aromatic carbocycles. The molecule has 2 N–H and O–H groups in total. The van der Waals surface area contributed by atoms with E-state index in [-0.39, 0.29) is 30.7 Å². The van der Waals surface area contributed by atoms with Crippen LogP contribution in [0.3, 0.4) is 0 Å². The van der Waals surface area contributed by atoms with Crippen molar-refractivity contribution < 1.29 is 9.53 Å². The number of para-hydroxylation sites is 1. The van der Waals surface area contributed by atoms with E-state index >= 15 is 0 Å². The number of carbonyl (C=O) groups excluding carboxylic acids is 1. The Morgan fingerprint density at radius 3 is 2.50 bits per heavy atom. The Labute approximate surface area is 170 Å². The molecule has 0 atom stereocenters. The van der Waals surface area contributed by atoms with Gasteiger partial charge in [-0.1, -0.05) is 12.1 Å². The molecule has 2 saturated heterocycles. The first-order chi connectivity index (χ1) is 11.7. The number of hydrogen-bond donors (Lipinski definition) is 1. The van der Waals surface area contributed by atoms with Gasteiger partial charge in [-0.15, -0.1) is 36.2 Å². The van der Waals surface area contributed by atoms with Crippen LogP contribution in [0.4, 0.5) is 0 Å². The van der Waals surface area contributed by atoms with Gasteiger partial charge < -0.3 is 15.4 Å². The molecule has 0 saturated carbocycles. The Bertz CT molecular complexity index is 708. The molecular weight excluding hydrogens is 393 g/mol. The summed E-state index contributed by atoms with van der Waals surface area (Å²) in [5.74, 6) is 0.559. The molecular formula is C18H25Cl2N3O2S. The molecule has 4 rings (SSSR count). The predicted octanol–water partition coefficient (Wildman–Crippen LogP) is 3.35. The van der Waals surface area contributed by atoms with Gasteiger partial charge in [-0.2, -0.15) is 0 Å². The molecule has 0 unspecified atom stereocenters. The van der Waals surface area contributed by atoms with Crippen molar-refractivity contribution in [2.75, 3.05) is 26.3 Å². The summed E-state index contributed by atoms with van der Waals surface area (Å²) >= 11 is 1.78. The number of nitrogens with zero attached hydrogens (tertiary/aromatic N) is 2.